The van der Waals surface area contributed by atoms with E-state index in [2.05, 4.69) is 4.98 Å². The molecule has 0 aromatic carbocycles. The number of pyridine rings is 1. The Morgan fingerprint density at radius 1 is 1.39 bits per heavy atom. The van der Waals surface area contributed by atoms with Gasteiger partial charge in [-0.15, -0.1) is 0 Å². The van der Waals surface area contributed by atoms with Gasteiger partial charge in [0.1, 0.15) is 16.9 Å². The van der Waals surface area contributed by atoms with Crippen LogP contribution in [-0.4, -0.2) is 39.5 Å². The maximum absolute atomic E-state index is 12.1. The molecule has 5 nitrogen and oxygen atoms in total. The number of carbonyl (C=O) groups excluding carboxylic acids is 1. The highest BCUT2D eigenvalue weighted by Gasteiger charge is 2.23. The molecule has 98 valence electrons. The number of hydrogen-bond donors (Lipinski definition) is 1. The lowest BCUT2D eigenvalue weighted by atomic mass is 10.2. The van der Waals surface area contributed by atoms with Gasteiger partial charge in [0.05, 0.1) is 5.56 Å². The monoisotopic (exact) mass is 290 g/mol. The topological polar surface area (TPSA) is 70.5 Å². The van der Waals surface area contributed by atoms with Gasteiger partial charge in [0.25, 0.3) is 5.91 Å². The molecule has 1 amide bonds. The van der Waals surface area contributed by atoms with Crippen molar-refractivity contribution in [2.24, 2.45) is 0 Å². The van der Waals surface area contributed by atoms with Crippen LogP contribution in [0.25, 0.3) is 0 Å². The molecule has 0 aliphatic rings. The molecule has 1 heterocycles. The van der Waals surface area contributed by atoms with E-state index in [0.717, 1.165) is 0 Å². The largest absolute Gasteiger partial charge is 0.480 e. The fraction of sp³-hybridized carbons (Fsp3) is 0.364. The van der Waals surface area contributed by atoms with Crippen LogP contribution in [0.5, 0.6) is 0 Å². The van der Waals surface area contributed by atoms with Crippen molar-refractivity contribution >= 4 is 35.1 Å². The molecule has 7 heteroatoms. The predicted octanol–water partition coefficient (Wildman–Crippen LogP) is 2.32. The molecule has 0 saturated carbocycles. The Labute approximate surface area is 114 Å². The SMILES string of the molecule is CC(C)N(CC(=O)O)C(=O)c1ccc(Cl)nc1Cl. The first-order chi connectivity index (χ1) is 8.32. The zero-order valence-corrected chi connectivity index (χ0v) is 11.4. The maximum atomic E-state index is 12.1. The van der Waals surface area contributed by atoms with Gasteiger partial charge in [0.15, 0.2) is 0 Å². The van der Waals surface area contributed by atoms with Gasteiger partial charge >= 0.3 is 5.97 Å². The maximum Gasteiger partial charge on any atom is 0.323 e. The van der Waals surface area contributed by atoms with Gasteiger partial charge in [0.2, 0.25) is 0 Å². The highest BCUT2D eigenvalue weighted by Crippen LogP contribution is 2.19. The number of aromatic nitrogens is 1. The number of carboxylic acid groups (broad SMARTS) is 1. The Morgan fingerprint density at radius 2 is 2.00 bits per heavy atom. The third-order valence-electron chi connectivity index (χ3n) is 2.23. The zero-order chi connectivity index (χ0) is 13.9. The molecule has 0 aliphatic carbocycles. The summed E-state index contributed by atoms with van der Waals surface area (Å²) >= 11 is 11.5. The van der Waals surface area contributed by atoms with Crippen molar-refractivity contribution in [2.75, 3.05) is 6.54 Å². The summed E-state index contributed by atoms with van der Waals surface area (Å²) in [4.78, 5) is 27.8. The molecule has 1 aromatic heterocycles. The zero-order valence-electron chi connectivity index (χ0n) is 9.85. The van der Waals surface area contributed by atoms with Crippen LogP contribution < -0.4 is 0 Å². The Morgan fingerprint density at radius 3 is 2.44 bits per heavy atom. The number of amides is 1. The van der Waals surface area contributed by atoms with E-state index >= 15 is 0 Å². The molecule has 0 bridgehead atoms. The van der Waals surface area contributed by atoms with Crippen LogP contribution in [-0.2, 0) is 4.79 Å². The highest BCUT2D eigenvalue weighted by molar-refractivity contribution is 6.34. The van der Waals surface area contributed by atoms with E-state index in [0.29, 0.717) is 0 Å². The molecular weight excluding hydrogens is 279 g/mol. The Balaban J connectivity index is 3.05. The first kappa shape index (κ1) is 14.7. The van der Waals surface area contributed by atoms with Crippen molar-refractivity contribution in [1.29, 1.82) is 0 Å². The lowest BCUT2D eigenvalue weighted by molar-refractivity contribution is -0.138. The van der Waals surface area contributed by atoms with Gasteiger partial charge < -0.3 is 10.0 Å². The van der Waals surface area contributed by atoms with Crippen molar-refractivity contribution in [3.8, 4) is 0 Å². The van der Waals surface area contributed by atoms with E-state index in [1.807, 2.05) is 0 Å². The summed E-state index contributed by atoms with van der Waals surface area (Å²) in [6, 6.07) is 2.59. The summed E-state index contributed by atoms with van der Waals surface area (Å²) in [5.74, 6) is -1.57. The molecule has 18 heavy (non-hydrogen) atoms. The van der Waals surface area contributed by atoms with Crippen molar-refractivity contribution < 1.29 is 14.7 Å². The van der Waals surface area contributed by atoms with E-state index in [1.54, 1.807) is 13.8 Å². The molecule has 0 radical (unpaired) electrons. The summed E-state index contributed by atoms with van der Waals surface area (Å²) in [5, 5.41) is 8.91. The van der Waals surface area contributed by atoms with Crippen LogP contribution in [0.2, 0.25) is 10.3 Å². The number of hydrogen-bond acceptors (Lipinski definition) is 3. The molecule has 0 unspecified atom stereocenters. The third kappa shape index (κ3) is 3.58. The lowest BCUT2D eigenvalue weighted by Crippen LogP contribution is -2.40. The fourth-order valence-corrected chi connectivity index (χ4v) is 1.79. The van der Waals surface area contributed by atoms with Crippen LogP contribution in [0.4, 0.5) is 0 Å². The molecule has 0 spiro atoms. The van der Waals surface area contributed by atoms with Crippen molar-refractivity contribution in [3.05, 3.63) is 28.0 Å². The minimum Gasteiger partial charge on any atom is -0.480 e. The summed E-state index contributed by atoms with van der Waals surface area (Å²) < 4.78 is 0. The van der Waals surface area contributed by atoms with Crippen LogP contribution in [0, 0.1) is 0 Å². The van der Waals surface area contributed by atoms with Gasteiger partial charge in [-0.3, -0.25) is 9.59 Å². The number of aliphatic carboxylic acids is 1. The van der Waals surface area contributed by atoms with Crippen LogP contribution >= 0.6 is 23.2 Å². The van der Waals surface area contributed by atoms with Crippen LogP contribution in [0.1, 0.15) is 24.2 Å². The summed E-state index contributed by atoms with van der Waals surface area (Å²) in [5.41, 5.74) is 0.135. The Hall–Kier alpha value is -1.33. The van der Waals surface area contributed by atoms with Gasteiger partial charge in [-0.25, -0.2) is 4.98 Å². The normalized spacial score (nSPS) is 10.5. The van der Waals surface area contributed by atoms with E-state index in [9.17, 15) is 9.59 Å². The van der Waals surface area contributed by atoms with Gasteiger partial charge in [-0.1, -0.05) is 23.2 Å². The average molecular weight is 291 g/mol. The molecular formula is C11H12Cl2N2O3. The molecule has 1 aromatic rings. The molecule has 0 saturated heterocycles. The molecule has 0 atom stereocenters. The van der Waals surface area contributed by atoms with E-state index < -0.39 is 18.4 Å². The Kier molecular flexibility index (Phi) is 4.93. The first-order valence-corrected chi connectivity index (χ1v) is 5.93. The number of rotatable bonds is 4. The van der Waals surface area contributed by atoms with E-state index in [1.165, 1.54) is 17.0 Å². The fourth-order valence-electron chi connectivity index (χ4n) is 1.36. The molecule has 1 N–H and O–H groups in total. The quantitative estimate of drug-likeness (QED) is 0.864. The molecule has 0 fully saturated rings. The molecule has 0 aliphatic heterocycles. The van der Waals surface area contributed by atoms with Gasteiger partial charge in [0, 0.05) is 6.04 Å². The first-order valence-electron chi connectivity index (χ1n) is 5.17. The minimum absolute atomic E-state index is 0.0384. The minimum atomic E-state index is -1.09. The average Bonchev–Trinajstić information content (AvgIpc) is 2.24. The van der Waals surface area contributed by atoms with Crippen LogP contribution in [0.15, 0.2) is 12.1 Å². The second-order valence-corrected chi connectivity index (χ2v) is 4.64. The summed E-state index contributed by atoms with van der Waals surface area (Å²) in [6.07, 6.45) is 0. The second kappa shape index (κ2) is 6.02. The number of carboxylic acids is 1. The van der Waals surface area contributed by atoms with Gasteiger partial charge in [-0.05, 0) is 26.0 Å². The number of nitrogens with zero attached hydrogens (tertiary/aromatic N) is 2. The second-order valence-electron chi connectivity index (χ2n) is 3.89. The smallest absolute Gasteiger partial charge is 0.323 e. The van der Waals surface area contributed by atoms with Crippen molar-refractivity contribution in [1.82, 2.24) is 9.88 Å². The summed E-state index contributed by atoms with van der Waals surface area (Å²) in [7, 11) is 0. The lowest BCUT2D eigenvalue weighted by Gasteiger charge is -2.25. The highest BCUT2D eigenvalue weighted by atomic mass is 35.5. The number of carbonyl (C=O) groups is 2. The van der Waals surface area contributed by atoms with Crippen molar-refractivity contribution in [3.63, 3.8) is 0 Å². The van der Waals surface area contributed by atoms with E-state index in [-0.39, 0.29) is 21.9 Å². The number of halogens is 2. The standard InChI is InChI=1S/C11H12Cl2N2O3/c1-6(2)15(5-9(16)17)11(18)7-3-4-8(12)14-10(7)13/h3-4,6H,5H2,1-2H3,(H,16,17). The third-order valence-corrected chi connectivity index (χ3v) is 2.73. The molecule has 1 rings (SSSR count). The predicted molar refractivity (Wildman–Crippen MR) is 68.1 cm³/mol. The Bertz CT molecular complexity index is 477. The van der Waals surface area contributed by atoms with Gasteiger partial charge in [-0.2, -0.15) is 0 Å². The summed E-state index contributed by atoms with van der Waals surface area (Å²) in [6.45, 7) is 3.05. The van der Waals surface area contributed by atoms with Crippen molar-refractivity contribution in [2.45, 2.75) is 19.9 Å². The van der Waals surface area contributed by atoms with Crippen LogP contribution in [0.3, 0.4) is 0 Å². The van der Waals surface area contributed by atoms with E-state index in [4.69, 9.17) is 28.3 Å².